The molecule has 0 spiro atoms. The van der Waals surface area contributed by atoms with Gasteiger partial charge in [0.2, 0.25) is 0 Å². The van der Waals surface area contributed by atoms with E-state index in [2.05, 4.69) is 29.1 Å². The molecular formula is C14H14N6. The van der Waals surface area contributed by atoms with Gasteiger partial charge in [0.1, 0.15) is 18.5 Å². The number of aromatic nitrogens is 3. The first-order valence-electron chi connectivity index (χ1n) is 6.21. The van der Waals surface area contributed by atoms with E-state index in [1.54, 1.807) is 17.0 Å². The van der Waals surface area contributed by atoms with Crippen LogP contribution in [0.3, 0.4) is 0 Å². The number of pyridine rings is 1. The molecule has 0 aromatic carbocycles. The van der Waals surface area contributed by atoms with Crippen LogP contribution in [0.25, 0.3) is 5.69 Å². The van der Waals surface area contributed by atoms with Crippen molar-refractivity contribution in [1.82, 2.24) is 19.9 Å². The third-order valence-electron chi connectivity index (χ3n) is 2.75. The third kappa shape index (κ3) is 2.82. The van der Waals surface area contributed by atoms with Crippen LogP contribution < -0.4 is 5.32 Å². The van der Waals surface area contributed by atoms with Crippen LogP contribution in [0, 0.1) is 22.7 Å². The summed E-state index contributed by atoms with van der Waals surface area (Å²) in [6, 6.07) is 6.21. The van der Waals surface area contributed by atoms with Gasteiger partial charge in [0, 0.05) is 18.8 Å². The average Bonchev–Trinajstić information content (AvgIpc) is 2.88. The van der Waals surface area contributed by atoms with Gasteiger partial charge in [0.15, 0.2) is 11.4 Å². The van der Waals surface area contributed by atoms with Crippen molar-refractivity contribution < 1.29 is 0 Å². The highest BCUT2D eigenvalue weighted by Crippen LogP contribution is 2.14. The van der Waals surface area contributed by atoms with E-state index in [-0.39, 0.29) is 11.4 Å². The molecule has 2 heterocycles. The zero-order valence-electron chi connectivity index (χ0n) is 11.3. The largest absolute Gasteiger partial charge is 0.310 e. The molecule has 2 aromatic rings. The molecule has 0 amide bonds. The highest BCUT2D eigenvalue weighted by Gasteiger charge is 2.11. The van der Waals surface area contributed by atoms with Crippen molar-refractivity contribution in [2.24, 2.45) is 0 Å². The van der Waals surface area contributed by atoms with Crippen molar-refractivity contribution in [3.8, 4) is 17.8 Å². The standard InChI is InChI=1S/C14H14N6/c1-10(2)18-7-11-3-12(8-17-6-11)20-9-19-13(4-15)14(20)5-16/h3,6,8-10,18H,7H2,1-2H3. The van der Waals surface area contributed by atoms with E-state index < -0.39 is 0 Å². The number of nitrogens with one attached hydrogen (secondary N) is 1. The highest BCUT2D eigenvalue weighted by atomic mass is 15.1. The molecule has 2 aromatic heterocycles. The molecular weight excluding hydrogens is 252 g/mol. The lowest BCUT2D eigenvalue weighted by molar-refractivity contribution is 0.588. The molecule has 2 rings (SSSR count). The maximum absolute atomic E-state index is 9.13. The van der Waals surface area contributed by atoms with Gasteiger partial charge in [-0.25, -0.2) is 4.98 Å². The van der Waals surface area contributed by atoms with Crippen LogP contribution in [-0.4, -0.2) is 20.6 Å². The average molecular weight is 266 g/mol. The Hall–Kier alpha value is -2.70. The number of nitrogens with zero attached hydrogens (tertiary/aromatic N) is 5. The molecule has 0 bridgehead atoms. The third-order valence-corrected chi connectivity index (χ3v) is 2.75. The van der Waals surface area contributed by atoms with Gasteiger partial charge in [-0.05, 0) is 11.6 Å². The number of hydrogen-bond donors (Lipinski definition) is 1. The normalized spacial score (nSPS) is 10.2. The van der Waals surface area contributed by atoms with E-state index in [1.807, 2.05) is 18.2 Å². The molecule has 0 fully saturated rings. The van der Waals surface area contributed by atoms with Crippen LogP contribution in [0.5, 0.6) is 0 Å². The first-order chi connectivity index (χ1) is 9.65. The van der Waals surface area contributed by atoms with Crippen molar-refractivity contribution in [3.63, 3.8) is 0 Å². The Labute approximate surface area is 117 Å². The molecule has 6 nitrogen and oxygen atoms in total. The summed E-state index contributed by atoms with van der Waals surface area (Å²) in [5.41, 5.74) is 2.08. The molecule has 0 aliphatic heterocycles. The summed E-state index contributed by atoms with van der Waals surface area (Å²) >= 11 is 0. The van der Waals surface area contributed by atoms with Gasteiger partial charge in [0.05, 0.1) is 11.9 Å². The lowest BCUT2D eigenvalue weighted by atomic mass is 10.2. The zero-order valence-corrected chi connectivity index (χ0v) is 11.3. The summed E-state index contributed by atoms with van der Waals surface area (Å²) in [5, 5.41) is 21.3. The van der Waals surface area contributed by atoms with Crippen LogP contribution in [0.2, 0.25) is 0 Å². The van der Waals surface area contributed by atoms with Crippen LogP contribution in [0.4, 0.5) is 0 Å². The van der Waals surface area contributed by atoms with E-state index in [4.69, 9.17) is 10.5 Å². The topological polar surface area (TPSA) is 90.3 Å². The molecule has 0 saturated carbocycles. The predicted molar refractivity (Wildman–Crippen MR) is 72.8 cm³/mol. The molecule has 0 aliphatic rings. The first kappa shape index (κ1) is 13.7. The number of imidazole rings is 1. The summed E-state index contributed by atoms with van der Waals surface area (Å²) in [6.45, 7) is 4.83. The van der Waals surface area contributed by atoms with Crippen LogP contribution in [0.1, 0.15) is 30.8 Å². The van der Waals surface area contributed by atoms with Gasteiger partial charge in [-0.2, -0.15) is 10.5 Å². The lowest BCUT2D eigenvalue weighted by Gasteiger charge is -2.09. The highest BCUT2D eigenvalue weighted by molar-refractivity contribution is 5.44. The summed E-state index contributed by atoms with van der Waals surface area (Å²) in [4.78, 5) is 8.09. The fourth-order valence-electron chi connectivity index (χ4n) is 1.76. The molecule has 100 valence electrons. The van der Waals surface area contributed by atoms with Gasteiger partial charge >= 0.3 is 0 Å². The minimum Gasteiger partial charge on any atom is -0.310 e. The van der Waals surface area contributed by atoms with Crippen LogP contribution >= 0.6 is 0 Å². The Morgan fingerprint density at radius 3 is 2.75 bits per heavy atom. The second kappa shape index (κ2) is 5.96. The molecule has 0 aliphatic carbocycles. The fourth-order valence-corrected chi connectivity index (χ4v) is 1.76. The Balaban J connectivity index is 2.35. The van der Waals surface area contributed by atoms with Gasteiger partial charge in [-0.15, -0.1) is 0 Å². The summed E-state index contributed by atoms with van der Waals surface area (Å²) in [5.74, 6) is 0. The van der Waals surface area contributed by atoms with E-state index >= 15 is 0 Å². The molecule has 0 unspecified atom stereocenters. The maximum Gasteiger partial charge on any atom is 0.177 e. The summed E-state index contributed by atoms with van der Waals surface area (Å²) in [7, 11) is 0. The second-order valence-electron chi connectivity index (χ2n) is 4.62. The Bertz CT molecular complexity index is 686. The maximum atomic E-state index is 9.13. The van der Waals surface area contributed by atoms with E-state index in [1.165, 1.54) is 6.33 Å². The zero-order chi connectivity index (χ0) is 14.5. The van der Waals surface area contributed by atoms with Crippen molar-refractivity contribution >= 4 is 0 Å². The smallest absolute Gasteiger partial charge is 0.177 e. The van der Waals surface area contributed by atoms with Crippen molar-refractivity contribution in [2.45, 2.75) is 26.4 Å². The second-order valence-corrected chi connectivity index (χ2v) is 4.62. The van der Waals surface area contributed by atoms with E-state index in [0.717, 1.165) is 11.3 Å². The number of nitriles is 2. The monoisotopic (exact) mass is 266 g/mol. The van der Waals surface area contributed by atoms with Crippen molar-refractivity contribution in [3.05, 3.63) is 41.7 Å². The van der Waals surface area contributed by atoms with E-state index in [0.29, 0.717) is 12.6 Å². The fraction of sp³-hybridized carbons (Fsp3) is 0.286. The Morgan fingerprint density at radius 1 is 1.30 bits per heavy atom. The Kier molecular flexibility index (Phi) is 4.09. The minimum absolute atomic E-state index is 0.123. The van der Waals surface area contributed by atoms with Crippen molar-refractivity contribution in [2.75, 3.05) is 0 Å². The molecule has 0 atom stereocenters. The first-order valence-corrected chi connectivity index (χ1v) is 6.21. The summed E-state index contributed by atoms with van der Waals surface area (Å²) in [6.07, 6.45) is 4.88. The van der Waals surface area contributed by atoms with Crippen LogP contribution in [-0.2, 0) is 6.54 Å². The molecule has 1 N–H and O–H groups in total. The molecule has 20 heavy (non-hydrogen) atoms. The quantitative estimate of drug-likeness (QED) is 0.905. The van der Waals surface area contributed by atoms with Gasteiger partial charge in [-0.3, -0.25) is 9.55 Å². The van der Waals surface area contributed by atoms with Gasteiger partial charge in [0.25, 0.3) is 0 Å². The number of hydrogen-bond acceptors (Lipinski definition) is 5. The lowest BCUT2D eigenvalue weighted by Crippen LogP contribution is -2.22. The molecule has 6 heteroatoms. The molecule has 0 saturated heterocycles. The SMILES string of the molecule is CC(C)NCc1cncc(-n2cnc(C#N)c2C#N)c1. The van der Waals surface area contributed by atoms with Crippen LogP contribution in [0.15, 0.2) is 24.8 Å². The van der Waals surface area contributed by atoms with Gasteiger partial charge in [-0.1, -0.05) is 13.8 Å². The van der Waals surface area contributed by atoms with E-state index in [9.17, 15) is 0 Å². The Morgan fingerprint density at radius 2 is 2.10 bits per heavy atom. The summed E-state index contributed by atoms with van der Waals surface area (Å²) < 4.78 is 1.57. The number of rotatable bonds is 4. The molecule has 0 radical (unpaired) electrons. The predicted octanol–water partition coefficient (Wildman–Crippen LogP) is 1.51. The van der Waals surface area contributed by atoms with Crippen molar-refractivity contribution in [1.29, 1.82) is 10.5 Å². The minimum atomic E-state index is 0.123. The van der Waals surface area contributed by atoms with Gasteiger partial charge < -0.3 is 5.32 Å².